The monoisotopic (exact) mass is 365 g/mol. The number of nitrogens with one attached hydrogen (secondary N) is 2. The van der Waals surface area contributed by atoms with Gasteiger partial charge in [-0.05, 0) is 61.4 Å². The molecule has 1 aromatic carbocycles. The van der Waals surface area contributed by atoms with E-state index in [0.29, 0.717) is 23.9 Å². The van der Waals surface area contributed by atoms with Crippen molar-refractivity contribution in [3.63, 3.8) is 0 Å². The fourth-order valence-electron chi connectivity index (χ4n) is 2.67. The minimum atomic E-state index is -0.163. The quantitative estimate of drug-likeness (QED) is 0.753. The van der Waals surface area contributed by atoms with Gasteiger partial charge in [-0.3, -0.25) is 9.59 Å². The Morgan fingerprint density at radius 2 is 1.81 bits per heavy atom. The van der Waals surface area contributed by atoms with E-state index in [9.17, 15) is 9.59 Å². The molecule has 0 saturated heterocycles. The lowest BCUT2D eigenvalue weighted by Gasteiger charge is -2.08. The normalized spacial score (nSPS) is 15.9. The number of pyridine rings is 1. The highest BCUT2D eigenvalue weighted by molar-refractivity contribution is 5.96. The molecule has 6 heteroatoms. The van der Waals surface area contributed by atoms with Crippen LogP contribution in [0.1, 0.15) is 41.6 Å². The van der Waals surface area contributed by atoms with Crippen LogP contribution in [0.25, 0.3) is 0 Å². The van der Waals surface area contributed by atoms with Crippen molar-refractivity contribution in [3.8, 4) is 5.88 Å². The summed E-state index contributed by atoms with van der Waals surface area (Å²) in [6.45, 7) is 1.13. The number of nitrogens with zero attached hydrogens (tertiary/aromatic N) is 1. The number of anilines is 1. The van der Waals surface area contributed by atoms with Crippen LogP contribution >= 0.6 is 0 Å². The number of rotatable bonds is 8. The van der Waals surface area contributed by atoms with Gasteiger partial charge in [0, 0.05) is 36.0 Å². The second-order valence-corrected chi connectivity index (χ2v) is 7.28. The van der Waals surface area contributed by atoms with E-state index in [0.717, 1.165) is 30.7 Å². The predicted molar refractivity (Wildman–Crippen MR) is 101 cm³/mol. The number of benzene rings is 1. The number of amides is 2. The smallest absolute Gasteiger partial charge is 0.251 e. The molecule has 2 fully saturated rings. The summed E-state index contributed by atoms with van der Waals surface area (Å²) in [5.74, 6) is 1.38. The molecule has 1 heterocycles. The van der Waals surface area contributed by atoms with Crippen molar-refractivity contribution in [1.82, 2.24) is 10.3 Å². The summed E-state index contributed by atoms with van der Waals surface area (Å²) in [6, 6.07) is 10.7. The van der Waals surface area contributed by atoms with Crippen molar-refractivity contribution in [2.75, 3.05) is 11.9 Å². The largest absolute Gasteiger partial charge is 0.477 e. The van der Waals surface area contributed by atoms with Crippen molar-refractivity contribution in [2.24, 2.45) is 11.8 Å². The summed E-state index contributed by atoms with van der Waals surface area (Å²) in [5.41, 5.74) is 2.18. The van der Waals surface area contributed by atoms with E-state index in [4.69, 9.17) is 4.74 Å². The Hall–Kier alpha value is -2.89. The molecule has 1 aromatic heterocycles. The fraction of sp³-hybridized carbons (Fsp3) is 0.381. The third kappa shape index (κ3) is 5.06. The molecule has 0 unspecified atom stereocenters. The predicted octanol–water partition coefficient (Wildman–Crippen LogP) is 3.15. The highest BCUT2D eigenvalue weighted by atomic mass is 16.5. The first-order valence-electron chi connectivity index (χ1n) is 9.44. The van der Waals surface area contributed by atoms with Gasteiger partial charge >= 0.3 is 0 Å². The van der Waals surface area contributed by atoms with E-state index in [1.807, 2.05) is 12.1 Å². The van der Waals surface area contributed by atoms with E-state index in [-0.39, 0.29) is 17.7 Å². The molecule has 140 valence electrons. The van der Waals surface area contributed by atoms with Gasteiger partial charge in [0.05, 0.1) is 6.61 Å². The van der Waals surface area contributed by atoms with Crippen LogP contribution in [-0.2, 0) is 11.3 Å². The summed E-state index contributed by atoms with van der Waals surface area (Å²) < 4.78 is 5.61. The van der Waals surface area contributed by atoms with Crippen LogP contribution in [0.15, 0.2) is 42.6 Å². The molecule has 2 aliphatic carbocycles. The van der Waals surface area contributed by atoms with Crippen molar-refractivity contribution in [1.29, 1.82) is 0 Å². The second kappa shape index (κ2) is 7.78. The fourth-order valence-corrected chi connectivity index (χ4v) is 2.67. The van der Waals surface area contributed by atoms with E-state index in [2.05, 4.69) is 15.6 Å². The van der Waals surface area contributed by atoms with E-state index >= 15 is 0 Å². The minimum absolute atomic E-state index is 0.0595. The maximum Gasteiger partial charge on any atom is 0.251 e. The zero-order valence-corrected chi connectivity index (χ0v) is 15.1. The maximum atomic E-state index is 12.3. The molecule has 0 atom stereocenters. The zero-order chi connectivity index (χ0) is 18.6. The van der Waals surface area contributed by atoms with Gasteiger partial charge in [-0.15, -0.1) is 0 Å². The van der Waals surface area contributed by atoms with Gasteiger partial charge in [0.2, 0.25) is 11.8 Å². The van der Waals surface area contributed by atoms with Crippen molar-refractivity contribution >= 4 is 17.5 Å². The first-order valence-corrected chi connectivity index (χ1v) is 9.44. The lowest BCUT2D eigenvalue weighted by Crippen LogP contribution is -2.23. The maximum absolute atomic E-state index is 12.3. The molecular weight excluding hydrogens is 342 g/mol. The molecule has 6 nitrogen and oxygen atoms in total. The molecule has 4 rings (SSSR count). The number of carbonyl (C=O) groups is 2. The van der Waals surface area contributed by atoms with Gasteiger partial charge in [0.25, 0.3) is 5.91 Å². The lowest BCUT2D eigenvalue weighted by molar-refractivity contribution is -0.117. The number of hydrogen-bond acceptors (Lipinski definition) is 4. The van der Waals surface area contributed by atoms with Crippen molar-refractivity contribution in [3.05, 3.63) is 53.7 Å². The third-order valence-corrected chi connectivity index (χ3v) is 4.78. The number of ether oxygens (including phenoxy) is 1. The Bertz CT molecular complexity index is 810. The number of aromatic nitrogens is 1. The Labute approximate surface area is 158 Å². The molecule has 2 aromatic rings. The molecule has 0 aliphatic heterocycles. The van der Waals surface area contributed by atoms with E-state index in [1.165, 1.54) is 12.8 Å². The van der Waals surface area contributed by atoms with Crippen LogP contribution < -0.4 is 15.4 Å². The molecular formula is C21H23N3O3. The average molecular weight is 365 g/mol. The standard InChI is InChI=1S/C21H23N3O3/c25-20(16-6-8-18(9-7-16)24-21(26)17-4-5-17)23-12-15-3-10-19(22-11-15)27-13-14-1-2-14/h3,6-11,14,17H,1-2,4-5,12-13H2,(H,23,25)(H,24,26). The van der Waals surface area contributed by atoms with Crippen molar-refractivity contribution in [2.45, 2.75) is 32.2 Å². The average Bonchev–Trinajstić information content (AvgIpc) is 3.58. The Morgan fingerprint density at radius 1 is 1.04 bits per heavy atom. The highest BCUT2D eigenvalue weighted by Crippen LogP contribution is 2.30. The van der Waals surface area contributed by atoms with Gasteiger partial charge in [-0.2, -0.15) is 0 Å². The van der Waals surface area contributed by atoms with Crippen LogP contribution in [0.4, 0.5) is 5.69 Å². The van der Waals surface area contributed by atoms with Gasteiger partial charge in [0.15, 0.2) is 0 Å². The molecule has 27 heavy (non-hydrogen) atoms. The van der Waals surface area contributed by atoms with Gasteiger partial charge < -0.3 is 15.4 Å². The SMILES string of the molecule is O=C(NCc1ccc(OCC2CC2)nc1)c1ccc(NC(=O)C2CC2)cc1. The van der Waals surface area contributed by atoms with Crippen LogP contribution in [0, 0.1) is 11.8 Å². The van der Waals surface area contributed by atoms with E-state index in [1.54, 1.807) is 30.5 Å². The first-order chi connectivity index (χ1) is 13.2. The topological polar surface area (TPSA) is 80.3 Å². The number of carbonyl (C=O) groups excluding carboxylic acids is 2. The minimum Gasteiger partial charge on any atom is -0.477 e. The summed E-state index contributed by atoms with van der Waals surface area (Å²) in [6.07, 6.45) is 6.15. The van der Waals surface area contributed by atoms with Gasteiger partial charge in [0.1, 0.15) is 0 Å². The third-order valence-electron chi connectivity index (χ3n) is 4.78. The number of hydrogen-bond donors (Lipinski definition) is 2. The van der Waals surface area contributed by atoms with Crippen LogP contribution in [-0.4, -0.2) is 23.4 Å². The summed E-state index contributed by atoms with van der Waals surface area (Å²) in [7, 11) is 0. The molecule has 0 bridgehead atoms. The molecule has 0 radical (unpaired) electrons. The van der Waals surface area contributed by atoms with Crippen LogP contribution in [0.5, 0.6) is 5.88 Å². The molecule has 2 saturated carbocycles. The molecule has 2 N–H and O–H groups in total. The summed E-state index contributed by atoms with van der Waals surface area (Å²) >= 11 is 0. The summed E-state index contributed by atoms with van der Waals surface area (Å²) in [4.78, 5) is 28.3. The van der Waals surface area contributed by atoms with Crippen LogP contribution in [0.2, 0.25) is 0 Å². The lowest BCUT2D eigenvalue weighted by atomic mass is 10.2. The molecule has 2 aliphatic rings. The molecule has 2 amide bonds. The van der Waals surface area contributed by atoms with Crippen molar-refractivity contribution < 1.29 is 14.3 Å². The Balaban J connectivity index is 1.25. The van der Waals surface area contributed by atoms with Gasteiger partial charge in [-0.25, -0.2) is 4.98 Å². The highest BCUT2D eigenvalue weighted by Gasteiger charge is 2.29. The first kappa shape index (κ1) is 17.5. The second-order valence-electron chi connectivity index (χ2n) is 7.28. The van der Waals surface area contributed by atoms with Crippen LogP contribution in [0.3, 0.4) is 0 Å². The zero-order valence-electron chi connectivity index (χ0n) is 15.1. The van der Waals surface area contributed by atoms with Gasteiger partial charge in [-0.1, -0.05) is 6.07 Å². The molecule has 0 spiro atoms. The summed E-state index contributed by atoms with van der Waals surface area (Å²) in [5, 5.41) is 5.74. The van der Waals surface area contributed by atoms with E-state index < -0.39 is 0 Å². The Kier molecular flexibility index (Phi) is 5.05. The Morgan fingerprint density at radius 3 is 2.44 bits per heavy atom.